The Labute approximate surface area is 86.3 Å². The fourth-order valence-corrected chi connectivity index (χ4v) is 1.28. The zero-order chi connectivity index (χ0) is 10.2. The minimum atomic E-state index is 0.808. The van der Waals surface area contributed by atoms with Crippen molar-refractivity contribution < 1.29 is 4.74 Å². The molecule has 0 aliphatic heterocycles. The van der Waals surface area contributed by atoms with Gasteiger partial charge < -0.3 is 4.74 Å². The predicted octanol–water partition coefficient (Wildman–Crippen LogP) is 3.21. The molecular formula is C12H19NO. The molecule has 1 aromatic heterocycles. The second kappa shape index (κ2) is 6.41. The van der Waals surface area contributed by atoms with Gasteiger partial charge in [0.05, 0.1) is 12.8 Å². The molecule has 0 saturated carbocycles. The first kappa shape index (κ1) is 11.0. The van der Waals surface area contributed by atoms with Gasteiger partial charge in [-0.2, -0.15) is 0 Å². The molecule has 0 atom stereocenters. The van der Waals surface area contributed by atoms with E-state index in [0.29, 0.717) is 0 Å². The average molecular weight is 193 g/mol. The quantitative estimate of drug-likeness (QED) is 0.647. The second-order valence-corrected chi connectivity index (χ2v) is 3.44. The third-order valence-corrected chi connectivity index (χ3v) is 2.19. The molecule has 0 amide bonds. The van der Waals surface area contributed by atoms with Crippen LogP contribution in [0.15, 0.2) is 18.5 Å². The lowest BCUT2D eigenvalue weighted by Gasteiger charge is -2.05. The van der Waals surface area contributed by atoms with Gasteiger partial charge in [-0.3, -0.25) is 4.98 Å². The first-order chi connectivity index (χ1) is 6.86. The highest BCUT2D eigenvalue weighted by molar-refractivity contribution is 5.23. The molecule has 1 aromatic rings. The highest BCUT2D eigenvalue weighted by atomic mass is 16.5. The molecule has 0 fully saturated rings. The van der Waals surface area contributed by atoms with Gasteiger partial charge in [0, 0.05) is 6.20 Å². The summed E-state index contributed by atoms with van der Waals surface area (Å²) in [6, 6.07) is 2.07. The van der Waals surface area contributed by atoms with Crippen LogP contribution in [0.2, 0.25) is 0 Å². The van der Waals surface area contributed by atoms with E-state index in [2.05, 4.69) is 24.9 Å². The van der Waals surface area contributed by atoms with Crippen LogP contribution in [0.3, 0.4) is 0 Å². The molecule has 0 radical (unpaired) electrons. The van der Waals surface area contributed by atoms with Crippen LogP contribution in [0, 0.1) is 0 Å². The van der Waals surface area contributed by atoms with Gasteiger partial charge in [-0.25, -0.2) is 0 Å². The van der Waals surface area contributed by atoms with Crippen molar-refractivity contribution in [2.24, 2.45) is 0 Å². The summed E-state index contributed by atoms with van der Waals surface area (Å²) < 4.78 is 5.59. The van der Waals surface area contributed by atoms with Crippen LogP contribution >= 0.6 is 0 Å². The number of rotatable bonds is 6. The number of aromatic nitrogens is 1. The number of unbranched alkanes of at least 4 members (excludes halogenated alkanes) is 2. The van der Waals surface area contributed by atoms with Crippen molar-refractivity contribution in [2.75, 3.05) is 6.61 Å². The maximum absolute atomic E-state index is 5.59. The number of pyridine rings is 1. The fraction of sp³-hybridized carbons (Fsp3) is 0.583. The summed E-state index contributed by atoms with van der Waals surface area (Å²) in [7, 11) is 0. The minimum Gasteiger partial charge on any atom is -0.492 e. The Morgan fingerprint density at radius 3 is 2.79 bits per heavy atom. The number of hydrogen-bond acceptors (Lipinski definition) is 2. The smallest absolute Gasteiger partial charge is 0.137 e. The fourth-order valence-electron chi connectivity index (χ4n) is 1.28. The van der Waals surface area contributed by atoms with Crippen LogP contribution in [-0.2, 0) is 6.42 Å². The molecule has 1 heterocycles. The van der Waals surface area contributed by atoms with E-state index in [9.17, 15) is 0 Å². The minimum absolute atomic E-state index is 0.808. The topological polar surface area (TPSA) is 22.1 Å². The Bertz CT molecular complexity index is 260. The van der Waals surface area contributed by atoms with E-state index in [1.165, 1.54) is 18.4 Å². The summed E-state index contributed by atoms with van der Waals surface area (Å²) in [6.45, 7) is 5.12. The molecule has 0 aliphatic rings. The summed E-state index contributed by atoms with van der Waals surface area (Å²) in [6.07, 6.45) is 8.29. The monoisotopic (exact) mass is 193 g/mol. The van der Waals surface area contributed by atoms with Crippen molar-refractivity contribution in [3.05, 3.63) is 24.0 Å². The van der Waals surface area contributed by atoms with Crippen LogP contribution in [0.5, 0.6) is 5.75 Å². The van der Waals surface area contributed by atoms with Crippen molar-refractivity contribution in [2.45, 2.75) is 39.5 Å². The Kier molecular flexibility index (Phi) is 5.05. The van der Waals surface area contributed by atoms with Gasteiger partial charge in [0.15, 0.2) is 0 Å². The maximum Gasteiger partial charge on any atom is 0.137 e. The lowest BCUT2D eigenvalue weighted by molar-refractivity contribution is 0.305. The average Bonchev–Trinajstić information content (AvgIpc) is 2.25. The number of hydrogen-bond donors (Lipinski definition) is 0. The van der Waals surface area contributed by atoms with Crippen molar-refractivity contribution in [3.63, 3.8) is 0 Å². The predicted molar refractivity (Wildman–Crippen MR) is 58.6 cm³/mol. The first-order valence-electron chi connectivity index (χ1n) is 5.43. The molecule has 0 spiro atoms. The van der Waals surface area contributed by atoms with Gasteiger partial charge in [0.2, 0.25) is 0 Å². The van der Waals surface area contributed by atoms with Gasteiger partial charge >= 0.3 is 0 Å². The molecule has 0 unspecified atom stereocenters. The second-order valence-electron chi connectivity index (χ2n) is 3.44. The highest BCUT2D eigenvalue weighted by Crippen LogP contribution is 2.12. The highest BCUT2D eigenvalue weighted by Gasteiger charge is 1.95. The van der Waals surface area contributed by atoms with Gasteiger partial charge in [-0.1, -0.05) is 26.7 Å². The van der Waals surface area contributed by atoms with Gasteiger partial charge in [-0.15, -0.1) is 0 Å². The Morgan fingerprint density at radius 1 is 1.21 bits per heavy atom. The van der Waals surface area contributed by atoms with E-state index >= 15 is 0 Å². The molecule has 1 rings (SSSR count). The number of aryl methyl sites for hydroxylation is 1. The lowest BCUT2D eigenvalue weighted by Crippen LogP contribution is -1.98. The summed E-state index contributed by atoms with van der Waals surface area (Å²) in [5.74, 6) is 0.903. The first-order valence-corrected chi connectivity index (χ1v) is 5.43. The van der Waals surface area contributed by atoms with Crippen molar-refractivity contribution in [1.82, 2.24) is 4.98 Å². The third-order valence-electron chi connectivity index (χ3n) is 2.19. The molecule has 0 saturated heterocycles. The number of ether oxygens (including phenoxy) is 1. The van der Waals surface area contributed by atoms with Crippen molar-refractivity contribution in [3.8, 4) is 5.75 Å². The van der Waals surface area contributed by atoms with Crippen LogP contribution < -0.4 is 4.74 Å². The SMILES string of the molecule is CCCCCOc1cncc(CC)c1. The Hall–Kier alpha value is -1.05. The molecule has 14 heavy (non-hydrogen) atoms. The molecular weight excluding hydrogens is 174 g/mol. The molecule has 0 N–H and O–H groups in total. The Balaban J connectivity index is 2.34. The van der Waals surface area contributed by atoms with E-state index in [-0.39, 0.29) is 0 Å². The van der Waals surface area contributed by atoms with Crippen molar-refractivity contribution in [1.29, 1.82) is 0 Å². The standard InChI is InChI=1S/C12H19NO/c1-3-5-6-7-14-12-8-11(4-2)9-13-10-12/h8-10H,3-7H2,1-2H3. The lowest BCUT2D eigenvalue weighted by atomic mass is 10.2. The largest absolute Gasteiger partial charge is 0.492 e. The summed E-state index contributed by atoms with van der Waals surface area (Å²) >= 11 is 0. The number of nitrogens with zero attached hydrogens (tertiary/aromatic N) is 1. The van der Waals surface area contributed by atoms with Gasteiger partial charge in [-0.05, 0) is 24.5 Å². The molecule has 0 bridgehead atoms. The third kappa shape index (κ3) is 3.77. The molecule has 2 nitrogen and oxygen atoms in total. The van der Waals surface area contributed by atoms with Crippen LogP contribution in [0.4, 0.5) is 0 Å². The zero-order valence-corrected chi connectivity index (χ0v) is 9.12. The summed E-state index contributed by atoms with van der Waals surface area (Å²) in [5, 5.41) is 0. The molecule has 78 valence electrons. The van der Waals surface area contributed by atoms with Crippen molar-refractivity contribution >= 4 is 0 Å². The summed E-state index contributed by atoms with van der Waals surface area (Å²) in [5.41, 5.74) is 1.23. The molecule has 0 aromatic carbocycles. The Morgan fingerprint density at radius 2 is 2.07 bits per heavy atom. The summed E-state index contributed by atoms with van der Waals surface area (Å²) in [4.78, 5) is 4.13. The van der Waals surface area contributed by atoms with E-state index in [0.717, 1.165) is 25.2 Å². The van der Waals surface area contributed by atoms with E-state index < -0.39 is 0 Å². The zero-order valence-electron chi connectivity index (χ0n) is 9.12. The van der Waals surface area contributed by atoms with E-state index in [1.54, 1.807) is 6.20 Å². The van der Waals surface area contributed by atoms with Crippen LogP contribution in [0.1, 0.15) is 38.7 Å². The molecule has 2 heteroatoms. The maximum atomic E-state index is 5.59. The van der Waals surface area contributed by atoms with E-state index in [1.807, 2.05) is 6.20 Å². The van der Waals surface area contributed by atoms with Crippen LogP contribution in [-0.4, -0.2) is 11.6 Å². The van der Waals surface area contributed by atoms with Crippen LogP contribution in [0.25, 0.3) is 0 Å². The van der Waals surface area contributed by atoms with E-state index in [4.69, 9.17) is 4.74 Å². The van der Waals surface area contributed by atoms with Gasteiger partial charge in [0.1, 0.15) is 5.75 Å². The molecule has 0 aliphatic carbocycles. The van der Waals surface area contributed by atoms with Gasteiger partial charge in [0.25, 0.3) is 0 Å². The normalized spacial score (nSPS) is 10.1.